The Bertz CT molecular complexity index is 489. The van der Waals surface area contributed by atoms with E-state index in [2.05, 4.69) is 22.9 Å². The fraction of sp³-hybridized carbons (Fsp3) is 0.375. The summed E-state index contributed by atoms with van der Waals surface area (Å²) in [4.78, 5) is 22.9. The molecule has 0 aliphatic carbocycles. The van der Waals surface area contributed by atoms with Gasteiger partial charge in [-0.25, -0.2) is 0 Å². The van der Waals surface area contributed by atoms with Crippen molar-refractivity contribution in [3.8, 4) is 0 Å². The van der Waals surface area contributed by atoms with Crippen molar-refractivity contribution in [3.05, 3.63) is 42.5 Å². The van der Waals surface area contributed by atoms with Gasteiger partial charge in [-0.3, -0.25) is 9.59 Å². The Hall–Kier alpha value is -1.98. The van der Waals surface area contributed by atoms with Crippen LogP contribution < -0.4 is 16.4 Å². The number of Topliss-reactive ketones (excluding diaryl/α,β-unsaturated/α-hetero) is 1. The van der Waals surface area contributed by atoms with Crippen molar-refractivity contribution in [2.75, 3.05) is 25.5 Å². The van der Waals surface area contributed by atoms with E-state index in [0.717, 1.165) is 30.8 Å². The van der Waals surface area contributed by atoms with Crippen molar-refractivity contribution in [1.29, 1.82) is 0 Å². The van der Waals surface area contributed by atoms with Gasteiger partial charge < -0.3 is 16.4 Å². The zero-order chi connectivity index (χ0) is 15.7. The summed E-state index contributed by atoms with van der Waals surface area (Å²) in [5.41, 5.74) is 6.35. The summed E-state index contributed by atoms with van der Waals surface area (Å²) in [6.07, 6.45) is 2.58. The van der Waals surface area contributed by atoms with Crippen LogP contribution in [0.1, 0.15) is 14.8 Å². The molecule has 1 aromatic rings. The van der Waals surface area contributed by atoms with Gasteiger partial charge in [0.05, 0.1) is 0 Å². The standard InChI is InChI=1S/C15H18N2O2.CH5N.2H2/c1-2-15(19)17-13-6-3-11(4-7-13)5-8-14(18)12-9-16-10-12;1-2;;/h2-4,6-7,12,16H,1,5,8-10H2,(H,17,19);2H2,1H3;2*1H. The van der Waals surface area contributed by atoms with Crippen molar-refractivity contribution in [2.45, 2.75) is 12.8 Å². The first-order chi connectivity index (χ1) is 10.2. The number of nitrogens with two attached hydrogens (primary N) is 1. The van der Waals surface area contributed by atoms with Crippen molar-refractivity contribution < 1.29 is 12.4 Å². The second-order valence-electron chi connectivity index (χ2n) is 4.71. The summed E-state index contributed by atoms with van der Waals surface area (Å²) in [5.74, 6) is 0.328. The van der Waals surface area contributed by atoms with E-state index in [0.29, 0.717) is 12.2 Å². The maximum atomic E-state index is 11.7. The zero-order valence-corrected chi connectivity index (χ0v) is 12.4. The Kier molecular flexibility index (Phi) is 7.36. The molecule has 4 N–H and O–H groups in total. The molecule has 1 saturated heterocycles. The Morgan fingerprint density at radius 1 is 1.38 bits per heavy atom. The van der Waals surface area contributed by atoms with E-state index in [-0.39, 0.29) is 14.7 Å². The topological polar surface area (TPSA) is 84.2 Å². The number of carbonyl (C=O) groups excluding carboxylic acids is 2. The summed E-state index contributed by atoms with van der Waals surface area (Å²) in [6, 6.07) is 7.55. The van der Waals surface area contributed by atoms with Crippen LogP contribution in [0.4, 0.5) is 5.69 Å². The molecular formula is C16H27N3O2. The second-order valence-corrected chi connectivity index (χ2v) is 4.71. The summed E-state index contributed by atoms with van der Waals surface area (Å²) < 4.78 is 0. The van der Waals surface area contributed by atoms with Crippen LogP contribution in [0.3, 0.4) is 0 Å². The largest absolute Gasteiger partial charge is 0.333 e. The van der Waals surface area contributed by atoms with Gasteiger partial charge in [-0.05, 0) is 37.2 Å². The third-order valence-electron chi connectivity index (χ3n) is 3.30. The average molecular weight is 293 g/mol. The first-order valence-corrected chi connectivity index (χ1v) is 7.02. The zero-order valence-electron chi connectivity index (χ0n) is 12.4. The summed E-state index contributed by atoms with van der Waals surface area (Å²) in [6.45, 7) is 5.05. The lowest BCUT2D eigenvalue weighted by molar-refractivity contribution is -0.124. The predicted molar refractivity (Wildman–Crippen MR) is 89.3 cm³/mol. The second kappa shape index (κ2) is 9.05. The Balaban J connectivity index is 0. The molecule has 1 amide bonds. The lowest BCUT2D eigenvalue weighted by Crippen LogP contribution is -2.46. The van der Waals surface area contributed by atoms with Gasteiger partial charge in [0.25, 0.3) is 0 Å². The van der Waals surface area contributed by atoms with Crippen LogP contribution in [-0.2, 0) is 16.0 Å². The van der Waals surface area contributed by atoms with Gasteiger partial charge in [-0.2, -0.15) is 0 Å². The summed E-state index contributed by atoms with van der Waals surface area (Å²) in [7, 11) is 1.50. The highest BCUT2D eigenvalue weighted by Crippen LogP contribution is 2.13. The van der Waals surface area contributed by atoms with Gasteiger partial charge in [-0.15, -0.1) is 0 Å². The van der Waals surface area contributed by atoms with Gasteiger partial charge in [0, 0.05) is 34.0 Å². The third-order valence-corrected chi connectivity index (χ3v) is 3.30. The van der Waals surface area contributed by atoms with Gasteiger partial charge in [0.2, 0.25) is 5.91 Å². The highest BCUT2D eigenvalue weighted by Gasteiger charge is 2.23. The van der Waals surface area contributed by atoms with Crippen LogP contribution in [0.2, 0.25) is 0 Å². The third kappa shape index (κ3) is 5.49. The molecule has 1 heterocycles. The van der Waals surface area contributed by atoms with Crippen LogP contribution in [0, 0.1) is 5.92 Å². The Labute approximate surface area is 128 Å². The molecular weight excluding hydrogens is 266 g/mol. The molecule has 0 radical (unpaired) electrons. The lowest BCUT2D eigenvalue weighted by Gasteiger charge is -2.25. The van der Waals surface area contributed by atoms with E-state index in [4.69, 9.17) is 0 Å². The quantitative estimate of drug-likeness (QED) is 0.696. The highest BCUT2D eigenvalue weighted by atomic mass is 16.1. The fourth-order valence-corrected chi connectivity index (χ4v) is 1.94. The van der Waals surface area contributed by atoms with E-state index in [9.17, 15) is 9.59 Å². The van der Waals surface area contributed by atoms with Crippen molar-refractivity contribution in [2.24, 2.45) is 11.7 Å². The first kappa shape index (κ1) is 17.1. The maximum absolute atomic E-state index is 11.7. The van der Waals surface area contributed by atoms with E-state index in [1.165, 1.54) is 13.1 Å². The van der Waals surface area contributed by atoms with Crippen LogP contribution in [0.5, 0.6) is 0 Å². The van der Waals surface area contributed by atoms with E-state index in [1.54, 1.807) is 0 Å². The number of aryl methyl sites for hydroxylation is 1. The minimum Gasteiger partial charge on any atom is -0.333 e. The van der Waals surface area contributed by atoms with Crippen LogP contribution in [-0.4, -0.2) is 31.8 Å². The normalized spacial score (nSPS) is 13.4. The molecule has 2 rings (SSSR count). The van der Waals surface area contributed by atoms with Gasteiger partial charge >= 0.3 is 0 Å². The van der Waals surface area contributed by atoms with Crippen molar-refractivity contribution in [3.63, 3.8) is 0 Å². The van der Waals surface area contributed by atoms with E-state index in [1.807, 2.05) is 24.3 Å². The average Bonchev–Trinajstić information content (AvgIpc) is 2.46. The SMILES string of the molecule is C=CC(=O)Nc1ccc(CCC(=O)C2CNC2)cc1.CN.[HH].[HH]. The number of amides is 1. The maximum Gasteiger partial charge on any atom is 0.247 e. The van der Waals surface area contributed by atoms with Crippen molar-refractivity contribution >= 4 is 17.4 Å². The molecule has 0 atom stereocenters. The van der Waals surface area contributed by atoms with Crippen LogP contribution in [0.25, 0.3) is 0 Å². The predicted octanol–water partition coefficient (Wildman–Crippen LogP) is 1.60. The number of nitrogens with one attached hydrogen (secondary N) is 2. The number of rotatable bonds is 6. The lowest BCUT2D eigenvalue weighted by atomic mass is 9.93. The van der Waals surface area contributed by atoms with Gasteiger partial charge in [-0.1, -0.05) is 18.7 Å². The number of ketones is 1. The molecule has 21 heavy (non-hydrogen) atoms. The molecule has 1 aliphatic rings. The molecule has 0 unspecified atom stereocenters. The molecule has 118 valence electrons. The molecule has 0 saturated carbocycles. The smallest absolute Gasteiger partial charge is 0.247 e. The minimum atomic E-state index is -0.222. The van der Waals surface area contributed by atoms with Gasteiger partial charge in [0.15, 0.2) is 0 Å². The monoisotopic (exact) mass is 293 g/mol. The summed E-state index contributed by atoms with van der Waals surface area (Å²) in [5, 5.41) is 5.79. The van der Waals surface area contributed by atoms with E-state index >= 15 is 0 Å². The molecule has 5 nitrogen and oxygen atoms in total. The number of anilines is 1. The first-order valence-electron chi connectivity index (χ1n) is 7.02. The number of hydrogen-bond acceptors (Lipinski definition) is 4. The number of carbonyl (C=O) groups is 2. The van der Waals surface area contributed by atoms with Gasteiger partial charge in [0.1, 0.15) is 5.78 Å². The molecule has 0 bridgehead atoms. The van der Waals surface area contributed by atoms with E-state index < -0.39 is 0 Å². The fourth-order valence-electron chi connectivity index (χ4n) is 1.94. The highest BCUT2D eigenvalue weighted by molar-refractivity contribution is 5.98. The Morgan fingerprint density at radius 2 is 2.00 bits per heavy atom. The molecule has 0 spiro atoms. The van der Waals surface area contributed by atoms with Crippen LogP contribution >= 0.6 is 0 Å². The molecule has 0 aromatic heterocycles. The Morgan fingerprint density at radius 3 is 2.48 bits per heavy atom. The minimum absolute atomic E-state index is 0. The van der Waals surface area contributed by atoms with Crippen LogP contribution in [0.15, 0.2) is 36.9 Å². The molecule has 5 heteroatoms. The number of benzene rings is 1. The number of hydrogen-bond donors (Lipinski definition) is 3. The van der Waals surface area contributed by atoms with Crippen molar-refractivity contribution in [1.82, 2.24) is 5.32 Å². The summed E-state index contributed by atoms with van der Waals surface area (Å²) >= 11 is 0. The molecule has 1 aliphatic heterocycles. The molecule has 1 aromatic carbocycles. The molecule has 1 fully saturated rings.